The van der Waals surface area contributed by atoms with Gasteiger partial charge in [0, 0.05) is 50.2 Å². The van der Waals surface area contributed by atoms with Crippen molar-refractivity contribution in [3.8, 4) is 0 Å². The van der Waals surface area contributed by atoms with Crippen LogP contribution in [0.5, 0.6) is 0 Å². The Morgan fingerprint density at radius 3 is 2.57 bits per heavy atom. The molecule has 0 bridgehead atoms. The number of nitrogens with zero attached hydrogens (tertiary/aromatic N) is 3. The van der Waals surface area contributed by atoms with E-state index in [2.05, 4.69) is 4.98 Å². The lowest BCUT2D eigenvalue weighted by Gasteiger charge is -2.21. The van der Waals surface area contributed by atoms with E-state index < -0.39 is 0 Å². The molecule has 1 saturated heterocycles. The average Bonchev–Trinajstić information content (AvgIpc) is 2.80. The van der Waals surface area contributed by atoms with Gasteiger partial charge in [0.25, 0.3) is 5.91 Å². The number of amides is 2. The van der Waals surface area contributed by atoms with Crippen LogP contribution in [-0.4, -0.2) is 52.8 Å². The van der Waals surface area contributed by atoms with Gasteiger partial charge in [0.15, 0.2) is 0 Å². The second-order valence-corrected chi connectivity index (χ2v) is 6.01. The van der Waals surface area contributed by atoms with E-state index >= 15 is 0 Å². The summed E-state index contributed by atoms with van der Waals surface area (Å²) < 4.78 is 0. The number of carbonyl (C=O) groups is 2. The molecule has 1 aliphatic rings. The van der Waals surface area contributed by atoms with Crippen LogP contribution in [-0.2, 0) is 4.79 Å². The molecule has 0 radical (unpaired) electrons. The summed E-state index contributed by atoms with van der Waals surface area (Å²) in [6.07, 6.45) is 2.60. The summed E-state index contributed by atoms with van der Waals surface area (Å²) in [5.74, 6) is 0.104. The summed E-state index contributed by atoms with van der Waals surface area (Å²) in [4.78, 5) is 32.3. The maximum atomic E-state index is 12.8. The molecule has 1 fully saturated rings. The minimum absolute atomic E-state index is 0.0283. The van der Waals surface area contributed by atoms with E-state index in [-0.39, 0.29) is 11.8 Å². The van der Waals surface area contributed by atoms with Crippen LogP contribution >= 0.6 is 0 Å². The molecule has 120 valence electrons. The number of aryl methyl sites for hydroxylation is 1. The number of rotatable bonds is 1. The highest BCUT2D eigenvalue weighted by Crippen LogP contribution is 2.19. The van der Waals surface area contributed by atoms with Gasteiger partial charge in [0.05, 0.1) is 5.52 Å². The van der Waals surface area contributed by atoms with E-state index in [0.29, 0.717) is 25.2 Å². The molecule has 5 nitrogen and oxygen atoms in total. The Labute approximate surface area is 135 Å². The van der Waals surface area contributed by atoms with Crippen LogP contribution in [0.25, 0.3) is 10.9 Å². The number of aromatic nitrogens is 1. The Hall–Kier alpha value is -2.43. The van der Waals surface area contributed by atoms with Crippen molar-refractivity contribution in [2.24, 2.45) is 0 Å². The first kappa shape index (κ1) is 15.5. The van der Waals surface area contributed by atoms with Gasteiger partial charge in [-0.1, -0.05) is 0 Å². The Morgan fingerprint density at radius 1 is 1.04 bits per heavy atom. The lowest BCUT2D eigenvalue weighted by molar-refractivity contribution is -0.128. The Morgan fingerprint density at radius 2 is 1.78 bits per heavy atom. The standard InChI is InChI=1S/C18H21N3O2/c1-13-6-7-19-17-5-4-15(12-16(13)17)18(23)21-9-3-8-20(10-11-21)14(2)22/h4-7,12H,3,8-11H2,1-2H3. The predicted octanol–water partition coefficient (Wildman–Crippen LogP) is 2.24. The summed E-state index contributed by atoms with van der Waals surface area (Å²) in [5, 5.41) is 1.01. The average molecular weight is 311 g/mol. The summed E-state index contributed by atoms with van der Waals surface area (Å²) in [6.45, 7) is 6.20. The summed E-state index contributed by atoms with van der Waals surface area (Å²) in [5.41, 5.74) is 2.70. The van der Waals surface area contributed by atoms with Crippen LogP contribution < -0.4 is 0 Å². The molecule has 23 heavy (non-hydrogen) atoms. The molecule has 0 N–H and O–H groups in total. The van der Waals surface area contributed by atoms with Crippen LogP contribution in [0.2, 0.25) is 0 Å². The molecule has 1 aromatic heterocycles. The van der Waals surface area contributed by atoms with Crippen LogP contribution in [0.4, 0.5) is 0 Å². The quantitative estimate of drug-likeness (QED) is 0.811. The largest absolute Gasteiger partial charge is 0.341 e. The SMILES string of the molecule is CC(=O)N1CCCN(C(=O)c2ccc3nccc(C)c3c2)CC1. The Balaban J connectivity index is 1.82. The summed E-state index contributed by atoms with van der Waals surface area (Å²) in [6, 6.07) is 7.61. The zero-order chi connectivity index (χ0) is 16.4. The molecule has 0 spiro atoms. The van der Waals surface area contributed by atoms with Crippen molar-refractivity contribution in [3.63, 3.8) is 0 Å². The van der Waals surface area contributed by atoms with Gasteiger partial charge >= 0.3 is 0 Å². The highest BCUT2D eigenvalue weighted by molar-refractivity contribution is 5.98. The molecule has 1 aromatic carbocycles. The van der Waals surface area contributed by atoms with Crippen LogP contribution in [0, 0.1) is 6.92 Å². The third-order valence-electron chi connectivity index (χ3n) is 4.43. The molecule has 0 unspecified atom stereocenters. The van der Waals surface area contributed by atoms with Crippen molar-refractivity contribution in [2.45, 2.75) is 20.3 Å². The molecule has 0 atom stereocenters. The molecule has 3 rings (SSSR count). The zero-order valence-corrected chi connectivity index (χ0v) is 13.6. The fourth-order valence-corrected chi connectivity index (χ4v) is 3.03. The first-order valence-corrected chi connectivity index (χ1v) is 7.96. The molecule has 1 aliphatic heterocycles. The lowest BCUT2D eigenvalue weighted by Crippen LogP contribution is -2.36. The first-order valence-electron chi connectivity index (χ1n) is 7.96. The second kappa shape index (κ2) is 6.36. The molecular formula is C18H21N3O2. The van der Waals surface area contributed by atoms with Gasteiger partial charge in [-0.15, -0.1) is 0 Å². The van der Waals surface area contributed by atoms with E-state index in [0.717, 1.165) is 29.4 Å². The van der Waals surface area contributed by atoms with Crippen molar-refractivity contribution in [1.82, 2.24) is 14.8 Å². The molecule has 2 heterocycles. The van der Waals surface area contributed by atoms with Gasteiger partial charge < -0.3 is 9.80 Å². The third-order valence-corrected chi connectivity index (χ3v) is 4.43. The fourth-order valence-electron chi connectivity index (χ4n) is 3.03. The molecule has 5 heteroatoms. The molecule has 2 aromatic rings. The summed E-state index contributed by atoms with van der Waals surface area (Å²) in [7, 11) is 0. The van der Waals surface area contributed by atoms with Crippen LogP contribution in [0.15, 0.2) is 30.5 Å². The fraction of sp³-hybridized carbons (Fsp3) is 0.389. The maximum absolute atomic E-state index is 12.8. The van der Waals surface area contributed by atoms with Gasteiger partial charge in [0.1, 0.15) is 0 Å². The normalized spacial score (nSPS) is 15.6. The number of carbonyl (C=O) groups excluding carboxylic acids is 2. The monoisotopic (exact) mass is 311 g/mol. The van der Waals surface area contributed by atoms with Crippen LogP contribution in [0.3, 0.4) is 0 Å². The van der Waals surface area contributed by atoms with Gasteiger partial charge in [-0.05, 0) is 43.2 Å². The van der Waals surface area contributed by atoms with Crippen molar-refractivity contribution in [2.75, 3.05) is 26.2 Å². The first-order chi connectivity index (χ1) is 11.1. The zero-order valence-electron chi connectivity index (χ0n) is 13.6. The maximum Gasteiger partial charge on any atom is 0.253 e. The van der Waals surface area contributed by atoms with Gasteiger partial charge in [0.2, 0.25) is 5.91 Å². The second-order valence-electron chi connectivity index (χ2n) is 6.01. The minimum Gasteiger partial charge on any atom is -0.341 e. The number of hydrogen-bond acceptors (Lipinski definition) is 3. The molecular weight excluding hydrogens is 290 g/mol. The van der Waals surface area contributed by atoms with E-state index in [1.807, 2.05) is 41.0 Å². The van der Waals surface area contributed by atoms with Gasteiger partial charge in [-0.2, -0.15) is 0 Å². The highest BCUT2D eigenvalue weighted by Gasteiger charge is 2.21. The van der Waals surface area contributed by atoms with Gasteiger partial charge in [-0.25, -0.2) is 0 Å². The van der Waals surface area contributed by atoms with Crippen molar-refractivity contribution < 1.29 is 9.59 Å². The third kappa shape index (κ3) is 3.18. The number of fused-ring (bicyclic) bond motifs is 1. The molecule has 0 aliphatic carbocycles. The predicted molar refractivity (Wildman–Crippen MR) is 89.3 cm³/mol. The molecule has 0 saturated carbocycles. The smallest absolute Gasteiger partial charge is 0.253 e. The topological polar surface area (TPSA) is 53.5 Å². The summed E-state index contributed by atoms with van der Waals surface area (Å²) >= 11 is 0. The van der Waals surface area contributed by atoms with Crippen LogP contribution in [0.1, 0.15) is 29.3 Å². The number of hydrogen-bond donors (Lipinski definition) is 0. The van der Waals surface area contributed by atoms with E-state index in [4.69, 9.17) is 0 Å². The number of pyridine rings is 1. The Bertz CT molecular complexity index is 757. The van der Waals surface area contributed by atoms with Gasteiger partial charge in [-0.3, -0.25) is 14.6 Å². The van der Waals surface area contributed by atoms with E-state index in [1.54, 1.807) is 13.1 Å². The Kier molecular flexibility index (Phi) is 4.28. The van der Waals surface area contributed by atoms with E-state index in [1.165, 1.54) is 0 Å². The van der Waals surface area contributed by atoms with Crippen molar-refractivity contribution in [1.29, 1.82) is 0 Å². The van der Waals surface area contributed by atoms with E-state index in [9.17, 15) is 9.59 Å². The number of benzene rings is 1. The van der Waals surface area contributed by atoms with Crippen molar-refractivity contribution >= 4 is 22.7 Å². The van der Waals surface area contributed by atoms with Crippen molar-refractivity contribution in [3.05, 3.63) is 41.6 Å². The minimum atomic E-state index is 0.0283. The molecule has 2 amide bonds. The highest BCUT2D eigenvalue weighted by atomic mass is 16.2. The lowest BCUT2D eigenvalue weighted by atomic mass is 10.1.